The second kappa shape index (κ2) is 29.0. The maximum atomic E-state index is 14.6. The van der Waals surface area contributed by atoms with Gasteiger partial charge in [-0.15, -0.1) is 0 Å². The summed E-state index contributed by atoms with van der Waals surface area (Å²) in [7, 11) is 0. The molecule has 75 heavy (non-hydrogen) atoms. The molecule has 1 fully saturated rings. The van der Waals surface area contributed by atoms with Gasteiger partial charge in [0.25, 0.3) is 0 Å². The number of nitrogens with one attached hydrogen (secondary N) is 7. The summed E-state index contributed by atoms with van der Waals surface area (Å²) in [4.78, 5) is 134. The van der Waals surface area contributed by atoms with E-state index in [1.807, 2.05) is 0 Å². The molecule has 1 aliphatic rings. The Morgan fingerprint density at radius 3 is 1.95 bits per heavy atom. The lowest BCUT2D eigenvalue weighted by molar-refractivity contribution is -0.145. The van der Waals surface area contributed by atoms with Crippen LogP contribution in [0.2, 0.25) is 0 Å². The second-order valence-corrected chi connectivity index (χ2v) is 18.9. The van der Waals surface area contributed by atoms with Crippen molar-refractivity contribution in [2.45, 2.75) is 134 Å². The van der Waals surface area contributed by atoms with Crippen LogP contribution in [-0.2, 0) is 62.4 Å². The maximum Gasteiger partial charge on any atom is 0.326 e. The molecule has 25 nitrogen and oxygen atoms in total. The van der Waals surface area contributed by atoms with Gasteiger partial charge in [-0.25, -0.2) is 9.78 Å². The van der Waals surface area contributed by atoms with Gasteiger partial charge in [0.05, 0.1) is 18.8 Å². The number of H-pyrrole nitrogens is 1. The topological polar surface area (TPSA) is 409 Å². The van der Waals surface area contributed by atoms with Gasteiger partial charge in [-0.05, 0) is 60.8 Å². The monoisotopic (exact) mass is 1050 g/mol. The molecule has 1 aromatic heterocycles. The number of rotatable bonds is 29. The Labute approximate surface area is 434 Å². The Balaban J connectivity index is 1.59. The number of aliphatic imine (C=N–C) groups is 1. The Hall–Kier alpha value is -8.09. The molecule has 408 valence electrons. The van der Waals surface area contributed by atoms with Crippen molar-refractivity contribution in [1.82, 2.24) is 46.8 Å². The number of imidazole rings is 1. The molecule has 7 amide bonds. The Morgan fingerprint density at radius 2 is 1.35 bits per heavy atom. The van der Waals surface area contributed by atoms with Crippen molar-refractivity contribution in [3.63, 3.8) is 0 Å². The highest BCUT2D eigenvalue weighted by molar-refractivity contribution is 5.98. The number of hydrogen-bond acceptors (Lipinski definition) is 13. The fourth-order valence-corrected chi connectivity index (χ4v) is 8.31. The van der Waals surface area contributed by atoms with E-state index in [2.05, 4.69) is 46.9 Å². The normalized spacial score (nSPS) is 16.3. The number of carbonyl (C=O) groups is 9. The van der Waals surface area contributed by atoms with Gasteiger partial charge in [0, 0.05) is 44.2 Å². The lowest BCUT2D eigenvalue weighted by Gasteiger charge is -2.32. The van der Waals surface area contributed by atoms with E-state index in [1.54, 1.807) is 58.0 Å². The van der Waals surface area contributed by atoms with Crippen LogP contribution in [0.1, 0.15) is 83.0 Å². The molecule has 4 rings (SSSR count). The van der Waals surface area contributed by atoms with Gasteiger partial charge in [0.1, 0.15) is 48.0 Å². The van der Waals surface area contributed by atoms with Crippen LogP contribution < -0.4 is 49.1 Å². The first kappa shape index (κ1) is 59.5. The summed E-state index contributed by atoms with van der Waals surface area (Å²) in [5, 5.41) is 45.1. The molecular weight excluding hydrogens is 975 g/mol. The first-order valence-corrected chi connectivity index (χ1v) is 24.8. The number of benzene rings is 2. The van der Waals surface area contributed by atoms with Crippen LogP contribution in [0.25, 0.3) is 0 Å². The highest BCUT2D eigenvalue weighted by Gasteiger charge is 2.41. The summed E-state index contributed by atoms with van der Waals surface area (Å²) in [6, 6.07) is 3.95. The van der Waals surface area contributed by atoms with Gasteiger partial charge in [0.2, 0.25) is 41.4 Å². The Morgan fingerprint density at radius 1 is 0.747 bits per heavy atom. The zero-order valence-corrected chi connectivity index (χ0v) is 42.5. The molecule has 25 heteroatoms. The molecule has 0 spiro atoms. The standard InChI is InChI=1S/C50H71N13O12/c1-5-28(4)41(47(72)59-36(23-31-25-54-26-56-31)48(73)63-20-10-14-38(63)45(70)60-37(49(74)75)22-29-11-7-6-8-12-29)62-44(69)35(21-30-15-17-32(64)18-16-30)58-46(71)40(27(2)3)61-43(68)34(13-9-19-55-50(52)53)57-42(67)33(51)24-39(65)66/h6-8,11-12,15-18,25-28,33-38,40-41,64H,5,9-10,13-14,19-24,51H2,1-4H3,(H,54,56)(H,57,67)(H,58,71)(H,59,72)(H,60,70)(H,61,68)(H,62,69)(H,65,66)(H,74,75)(H4,52,53,55)/t28-,33-,34+,35+,36-,37-,38+,40+,41+/m0/s1. The molecule has 0 aliphatic carbocycles. The highest BCUT2D eigenvalue weighted by Crippen LogP contribution is 2.21. The summed E-state index contributed by atoms with van der Waals surface area (Å²) < 4.78 is 0. The van der Waals surface area contributed by atoms with Crippen molar-refractivity contribution in [2.75, 3.05) is 13.1 Å². The highest BCUT2D eigenvalue weighted by atomic mass is 16.4. The average molecular weight is 1050 g/mol. The number of aromatic hydroxyl groups is 1. The number of carboxylic acids is 2. The van der Waals surface area contributed by atoms with Crippen molar-refractivity contribution in [3.05, 3.63) is 83.9 Å². The molecule has 0 bridgehead atoms. The third-order valence-corrected chi connectivity index (χ3v) is 12.7. The van der Waals surface area contributed by atoms with E-state index < -0.39 is 120 Å². The number of carbonyl (C=O) groups excluding carboxylic acids is 7. The zero-order chi connectivity index (χ0) is 55.4. The molecule has 0 radical (unpaired) electrons. The van der Waals surface area contributed by atoms with Crippen LogP contribution in [0.5, 0.6) is 5.75 Å². The van der Waals surface area contributed by atoms with Crippen molar-refractivity contribution >= 4 is 59.2 Å². The number of aliphatic carboxylic acids is 2. The van der Waals surface area contributed by atoms with Crippen LogP contribution in [0.3, 0.4) is 0 Å². The van der Waals surface area contributed by atoms with E-state index in [4.69, 9.17) is 17.2 Å². The largest absolute Gasteiger partial charge is 0.508 e. The number of nitrogens with zero attached hydrogens (tertiary/aromatic N) is 3. The number of aromatic nitrogens is 2. The Bertz CT molecular complexity index is 2450. The fourth-order valence-electron chi connectivity index (χ4n) is 8.31. The minimum atomic E-state index is -1.51. The van der Waals surface area contributed by atoms with Crippen LogP contribution in [0, 0.1) is 11.8 Å². The fraction of sp³-hybridized carbons (Fsp3) is 0.500. The smallest absolute Gasteiger partial charge is 0.326 e. The molecule has 9 atom stereocenters. The van der Waals surface area contributed by atoms with Gasteiger partial charge in [-0.3, -0.25) is 43.3 Å². The number of aromatic amines is 1. The van der Waals surface area contributed by atoms with E-state index in [0.717, 1.165) is 0 Å². The molecular formula is C50H71N13O12. The van der Waals surface area contributed by atoms with Crippen molar-refractivity contribution < 1.29 is 58.5 Å². The molecule has 2 aromatic carbocycles. The molecule has 0 unspecified atom stereocenters. The molecule has 1 saturated heterocycles. The quantitative estimate of drug-likeness (QED) is 0.0218. The van der Waals surface area contributed by atoms with Crippen LogP contribution in [-0.4, -0.2) is 151 Å². The van der Waals surface area contributed by atoms with Gasteiger partial charge >= 0.3 is 11.9 Å². The van der Waals surface area contributed by atoms with E-state index in [0.29, 0.717) is 29.7 Å². The van der Waals surface area contributed by atoms with E-state index >= 15 is 0 Å². The SMILES string of the molecule is CC[C@H](C)[C@@H](NC(=O)[C@@H](Cc1ccc(O)cc1)NC(=O)[C@H](NC(=O)[C@@H](CCCN=C(N)N)NC(=O)[C@@H](N)CC(=O)O)C(C)C)C(=O)N[C@@H](Cc1cnc[nH]1)C(=O)N1CCC[C@@H]1C(=O)N[C@@H](Cc1ccccc1)C(=O)O. The predicted octanol–water partition coefficient (Wildman–Crippen LogP) is -1.31. The van der Waals surface area contributed by atoms with Crippen molar-refractivity contribution in [3.8, 4) is 5.75 Å². The van der Waals surface area contributed by atoms with Gasteiger partial charge in [0.15, 0.2) is 5.96 Å². The number of hydrogen-bond donors (Lipinski definition) is 13. The minimum Gasteiger partial charge on any atom is -0.508 e. The van der Waals surface area contributed by atoms with Crippen LogP contribution in [0.15, 0.2) is 72.1 Å². The third-order valence-electron chi connectivity index (χ3n) is 12.7. The number of phenols is 1. The first-order valence-electron chi connectivity index (χ1n) is 24.8. The minimum absolute atomic E-state index is 0.00211. The van der Waals surface area contributed by atoms with Gasteiger partial charge in [-0.1, -0.05) is 76.6 Å². The van der Waals surface area contributed by atoms with Crippen molar-refractivity contribution in [1.29, 1.82) is 0 Å². The third kappa shape index (κ3) is 18.7. The zero-order valence-electron chi connectivity index (χ0n) is 42.5. The van der Waals surface area contributed by atoms with Crippen molar-refractivity contribution in [2.24, 2.45) is 34.0 Å². The Kier molecular flexibility index (Phi) is 23.0. The molecule has 3 aromatic rings. The van der Waals surface area contributed by atoms with Gasteiger partial charge < -0.3 is 74.3 Å². The van der Waals surface area contributed by atoms with E-state index in [1.165, 1.54) is 41.7 Å². The van der Waals surface area contributed by atoms with E-state index in [-0.39, 0.29) is 63.3 Å². The molecule has 2 heterocycles. The lowest BCUT2D eigenvalue weighted by atomic mass is 9.96. The molecule has 16 N–H and O–H groups in total. The summed E-state index contributed by atoms with van der Waals surface area (Å²) in [5.41, 5.74) is 18.2. The van der Waals surface area contributed by atoms with Crippen LogP contribution >= 0.6 is 0 Å². The summed E-state index contributed by atoms with van der Waals surface area (Å²) >= 11 is 0. The maximum absolute atomic E-state index is 14.6. The lowest BCUT2D eigenvalue weighted by Crippen LogP contribution is -2.62. The number of nitrogens with two attached hydrogens (primary N) is 3. The average Bonchev–Trinajstić information content (AvgIpc) is 4.08. The molecule has 1 aliphatic heterocycles. The number of guanidine groups is 1. The van der Waals surface area contributed by atoms with Crippen LogP contribution in [0.4, 0.5) is 0 Å². The number of likely N-dealkylation sites (tertiary alicyclic amines) is 1. The molecule has 0 saturated carbocycles. The predicted molar refractivity (Wildman–Crippen MR) is 273 cm³/mol. The summed E-state index contributed by atoms with van der Waals surface area (Å²) in [6.07, 6.45) is 2.92. The second-order valence-electron chi connectivity index (χ2n) is 18.9. The number of carboxylic acid groups (broad SMARTS) is 2. The first-order chi connectivity index (χ1) is 35.6. The summed E-state index contributed by atoms with van der Waals surface area (Å²) in [5.74, 6) is -9.64. The number of phenolic OH excluding ortho intramolecular Hbond substituents is 1. The van der Waals surface area contributed by atoms with Gasteiger partial charge in [-0.2, -0.15) is 0 Å². The number of amides is 7. The summed E-state index contributed by atoms with van der Waals surface area (Å²) in [6.45, 7) is 6.90. The van der Waals surface area contributed by atoms with E-state index in [9.17, 15) is 58.5 Å².